The number of Topliss-reactive ketones (excluding diaryl/α,β-unsaturated/α-hetero) is 1. The highest BCUT2D eigenvalue weighted by Gasteiger charge is 2.34. The number of nitrogens with zero attached hydrogens (tertiary/aromatic N) is 3. The van der Waals surface area contributed by atoms with Gasteiger partial charge in [-0.25, -0.2) is 9.97 Å². The number of hydrogen-bond acceptors (Lipinski definition) is 5. The Morgan fingerprint density at radius 2 is 2.19 bits per heavy atom. The zero-order chi connectivity index (χ0) is 15.2. The van der Waals surface area contributed by atoms with Crippen LogP contribution in [0.5, 0.6) is 0 Å². The van der Waals surface area contributed by atoms with Crippen molar-refractivity contribution in [2.24, 2.45) is 12.5 Å². The number of carbonyl (C=O) groups is 2. The van der Waals surface area contributed by atoms with E-state index in [1.165, 1.54) is 17.5 Å². The number of fused-ring (bicyclic) bond motifs is 1. The van der Waals surface area contributed by atoms with Gasteiger partial charge < -0.3 is 4.57 Å². The summed E-state index contributed by atoms with van der Waals surface area (Å²) in [6, 6.07) is 0. The van der Waals surface area contributed by atoms with Gasteiger partial charge in [-0.1, -0.05) is 25.2 Å². The number of imidazole rings is 1. The summed E-state index contributed by atoms with van der Waals surface area (Å²) in [7, 11) is 1.75. The molecule has 7 heteroatoms. The molecule has 1 aliphatic rings. The van der Waals surface area contributed by atoms with E-state index >= 15 is 0 Å². The van der Waals surface area contributed by atoms with Crippen molar-refractivity contribution in [3.8, 4) is 0 Å². The minimum absolute atomic E-state index is 0.0680. The summed E-state index contributed by atoms with van der Waals surface area (Å²) in [5.41, 5.74) is 1.18. The van der Waals surface area contributed by atoms with Crippen LogP contribution in [-0.4, -0.2) is 26.2 Å². The Kier molecular flexibility index (Phi) is 3.16. The Bertz CT molecular complexity index is 729. The largest absolute Gasteiger partial charge is 0.330 e. The second-order valence-electron chi connectivity index (χ2n) is 6.08. The minimum Gasteiger partial charge on any atom is -0.330 e. The number of hydrogen-bond donors (Lipinski definition) is 1. The maximum Gasteiger partial charge on any atom is 0.275 e. The van der Waals surface area contributed by atoms with E-state index in [1.807, 2.05) is 0 Å². The second-order valence-corrected chi connectivity index (χ2v) is 7.08. The third-order valence-corrected chi connectivity index (χ3v) is 4.56. The van der Waals surface area contributed by atoms with Gasteiger partial charge in [0, 0.05) is 13.5 Å². The number of amides is 1. The molecular formula is C14H16N4O2S. The molecule has 0 bridgehead atoms. The predicted octanol–water partition coefficient (Wildman–Crippen LogP) is 2.28. The molecule has 0 atom stereocenters. The molecule has 0 saturated carbocycles. The fourth-order valence-corrected chi connectivity index (χ4v) is 3.43. The molecule has 1 N–H and O–H groups in total. The van der Waals surface area contributed by atoms with Crippen LogP contribution in [0, 0.1) is 5.41 Å². The molecule has 0 spiro atoms. The Morgan fingerprint density at radius 3 is 2.86 bits per heavy atom. The van der Waals surface area contributed by atoms with Crippen LogP contribution in [-0.2, 0) is 13.5 Å². The van der Waals surface area contributed by atoms with Gasteiger partial charge >= 0.3 is 0 Å². The molecule has 2 aromatic rings. The molecule has 21 heavy (non-hydrogen) atoms. The van der Waals surface area contributed by atoms with E-state index in [-0.39, 0.29) is 17.1 Å². The first-order valence-corrected chi connectivity index (χ1v) is 7.48. The number of carbonyl (C=O) groups excluding carboxylic acids is 2. The summed E-state index contributed by atoms with van der Waals surface area (Å²) in [5, 5.41) is 3.22. The highest BCUT2D eigenvalue weighted by atomic mass is 32.1. The van der Waals surface area contributed by atoms with Crippen molar-refractivity contribution in [3.05, 3.63) is 28.8 Å². The monoisotopic (exact) mass is 304 g/mol. The Morgan fingerprint density at radius 1 is 1.43 bits per heavy atom. The third kappa shape index (κ3) is 2.61. The SMILES string of the molecule is Cn1cncc1C(=O)Nc1nc2c(s1)C(=O)CC(C)(C)C2. The maximum absolute atomic E-state index is 12.1. The number of aromatic nitrogens is 3. The highest BCUT2D eigenvalue weighted by Crippen LogP contribution is 2.38. The number of anilines is 1. The van der Waals surface area contributed by atoms with Crippen LogP contribution >= 0.6 is 11.3 Å². The van der Waals surface area contributed by atoms with Crippen molar-refractivity contribution in [3.63, 3.8) is 0 Å². The van der Waals surface area contributed by atoms with Crippen molar-refractivity contribution in [1.29, 1.82) is 0 Å². The molecule has 0 saturated heterocycles. The van der Waals surface area contributed by atoms with Crippen LogP contribution in [0.25, 0.3) is 0 Å². The van der Waals surface area contributed by atoms with Crippen LogP contribution in [0.1, 0.15) is 46.1 Å². The van der Waals surface area contributed by atoms with E-state index in [4.69, 9.17) is 0 Å². The van der Waals surface area contributed by atoms with Crippen LogP contribution in [0.3, 0.4) is 0 Å². The van der Waals surface area contributed by atoms with Gasteiger partial charge in [0.1, 0.15) is 5.69 Å². The zero-order valence-corrected chi connectivity index (χ0v) is 13.0. The van der Waals surface area contributed by atoms with E-state index in [0.717, 1.165) is 12.1 Å². The molecular weight excluding hydrogens is 288 g/mol. The molecule has 0 aliphatic heterocycles. The van der Waals surface area contributed by atoms with Gasteiger partial charge in [0.05, 0.1) is 23.1 Å². The second kappa shape index (κ2) is 4.77. The van der Waals surface area contributed by atoms with E-state index in [9.17, 15) is 9.59 Å². The maximum atomic E-state index is 12.1. The van der Waals surface area contributed by atoms with E-state index in [1.54, 1.807) is 17.9 Å². The Hall–Kier alpha value is -2.02. The average Bonchev–Trinajstić information content (AvgIpc) is 2.93. The van der Waals surface area contributed by atoms with Gasteiger partial charge in [-0.3, -0.25) is 14.9 Å². The summed E-state index contributed by atoms with van der Waals surface area (Å²) in [6.45, 7) is 4.11. The van der Waals surface area contributed by atoms with E-state index in [2.05, 4.69) is 29.1 Å². The summed E-state index contributed by atoms with van der Waals surface area (Å²) in [4.78, 5) is 33.3. The quantitative estimate of drug-likeness (QED) is 0.923. The minimum atomic E-state index is -0.271. The zero-order valence-electron chi connectivity index (χ0n) is 12.1. The van der Waals surface area contributed by atoms with Gasteiger partial charge in [0.25, 0.3) is 5.91 Å². The van der Waals surface area contributed by atoms with Gasteiger partial charge in [-0.05, 0) is 11.8 Å². The van der Waals surface area contributed by atoms with Gasteiger partial charge in [-0.15, -0.1) is 0 Å². The number of ketones is 1. The van der Waals surface area contributed by atoms with Crippen molar-refractivity contribution in [2.45, 2.75) is 26.7 Å². The van der Waals surface area contributed by atoms with Crippen molar-refractivity contribution in [1.82, 2.24) is 14.5 Å². The molecule has 6 nitrogen and oxygen atoms in total. The summed E-state index contributed by atoms with van der Waals surface area (Å²) >= 11 is 1.25. The van der Waals surface area contributed by atoms with Crippen molar-refractivity contribution >= 4 is 28.2 Å². The molecule has 0 fully saturated rings. The fourth-order valence-electron chi connectivity index (χ4n) is 2.51. The number of thiazole rings is 1. The number of aryl methyl sites for hydroxylation is 1. The first-order valence-electron chi connectivity index (χ1n) is 6.66. The topological polar surface area (TPSA) is 76.9 Å². The number of rotatable bonds is 2. The molecule has 1 aliphatic carbocycles. The van der Waals surface area contributed by atoms with Crippen LogP contribution in [0.4, 0.5) is 5.13 Å². The van der Waals surface area contributed by atoms with Crippen molar-refractivity contribution in [2.75, 3.05) is 5.32 Å². The molecule has 0 radical (unpaired) electrons. The predicted molar refractivity (Wildman–Crippen MR) is 79.7 cm³/mol. The molecule has 2 heterocycles. The normalized spacial score (nSPS) is 16.6. The van der Waals surface area contributed by atoms with E-state index in [0.29, 0.717) is 22.1 Å². The van der Waals surface area contributed by atoms with Crippen LogP contribution < -0.4 is 5.32 Å². The molecule has 110 valence electrons. The Balaban J connectivity index is 1.84. The molecule has 0 unspecified atom stereocenters. The molecule has 0 aromatic carbocycles. The van der Waals surface area contributed by atoms with Gasteiger partial charge in [0.15, 0.2) is 10.9 Å². The van der Waals surface area contributed by atoms with Crippen molar-refractivity contribution < 1.29 is 9.59 Å². The molecule has 2 aromatic heterocycles. The van der Waals surface area contributed by atoms with Crippen LogP contribution in [0.15, 0.2) is 12.5 Å². The lowest BCUT2D eigenvalue weighted by molar-refractivity contribution is 0.0915. The standard InChI is InChI=1S/C14H16N4O2S/c1-14(2)4-8-11(10(19)5-14)21-13(16-8)17-12(20)9-6-15-7-18(9)3/h6-7H,4-5H2,1-3H3,(H,16,17,20). The van der Waals surface area contributed by atoms with Gasteiger partial charge in [-0.2, -0.15) is 0 Å². The summed E-state index contributed by atoms with van der Waals surface area (Å²) in [6.07, 6.45) is 4.34. The lowest BCUT2D eigenvalue weighted by atomic mass is 9.78. The molecule has 1 amide bonds. The smallest absolute Gasteiger partial charge is 0.275 e. The highest BCUT2D eigenvalue weighted by molar-refractivity contribution is 7.17. The Labute approximate surface area is 126 Å². The van der Waals surface area contributed by atoms with E-state index < -0.39 is 0 Å². The summed E-state index contributed by atoms with van der Waals surface area (Å²) in [5.74, 6) is -0.160. The molecule has 3 rings (SSSR count). The lowest BCUT2D eigenvalue weighted by Gasteiger charge is -2.26. The third-order valence-electron chi connectivity index (χ3n) is 3.51. The first kappa shape index (κ1) is 13.9. The van der Waals surface area contributed by atoms with Crippen LogP contribution in [0.2, 0.25) is 0 Å². The average molecular weight is 304 g/mol. The fraction of sp³-hybridized carbons (Fsp3) is 0.429. The number of nitrogens with one attached hydrogen (secondary N) is 1. The lowest BCUT2D eigenvalue weighted by Crippen LogP contribution is -2.26. The van der Waals surface area contributed by atoms with Gasteiger partial charge in [0.2, 0.25) is 0 Å². The summed E-state index contributed by atoms with van der Waals surface area (Å²) < 4.78 is 1.64. The first-order chi connectivity index (χ1) is 9.85.